The van der Waals surface area contributed by atoms with Crippen LogP contribution in [0.15, 0.2) is 41.0 Å². The highest BCUT2D eigenvalue weighted by atomic mass is 79.9. The molecule has 0 aliphatic heterocycles. The van der Waals surface area contributed by atoms with Gasteiger partial charge in [0.05, 0.1) is 6.04 Å². The molecule has 94 valence electrons. The number of pyridine rings is 1. The molecular weight excluding hydrogens is 290 g/mol. The minimum absolute atomic E-state index is 0.124. The minimum Gasteiger partial charge on any atom is -0.398 e. The van der Waals surface area contributed by atoms with Crippen molar-refractivity contribution < 1.29 is 0 Å². The Morgan fingerprint density at radius 2 is 2.06 bits per heavy atom. The van der Waals surface area contributed by atoms with Crippen LogP contribution in [0.2, 0.25) is 0 Å². The summed E-state index contributed by atoms with van der Waals surface area (Å²) in [6.45, 7) is 4.11. The quantitative estimate of drug-likeness (QED) is 0.845. The van der Waals surface area contributed by atoms with Crippen molar-refractivity contribution in [1.29, 1.82) is 0 Å². The first-order valence-electron chi connectivity index (χ1n) is 5.81. The van der Waals surface area contributed by atoms with Crippen molar-refractivity contribution in [2.75, 3.05) is 11.1 Å². The van der Waals surface area contributed by atoms with Crippen LogP contribution < -0.4 is 11.1 Å². The Morgan fingerprint density at radius 1 is 1.33 bits per heavy atom. The molecule has 3 nitrogen and oxygen atoms in total. The summed E-state index contributed by atoms with van der Waals surface area (Å²) >= 11 is 3.41. The molecule has 0 saturated carbocycles. The lowest BCUT2D eigenvalue weighted by atomic mass is 10.1. The standard InChI is InChI=1S/C14H16BrN3/c1-9-7-11(15)8-17-14(9)18-10(2)12-5-3-4-6-13(12)16/h3-8,10H,16H2,1-2H3,(H,17,18). The van der Waals surface area contributed by atoms with Crippen molar-refractivity contribution in [2.24, 2.45) is 0 Å². The van der Waals surface area contributed by atoms with Crippen LogP contribution in [-0.2, 0) is 0 Å². The molecule has 1 heterocycles. The van der Waals surface area contributed by atoms with E-state index in [4.69, 9.17) is 5.73 Å². The van der Waals surface area contributed by atoms with Gasteiger partial charge in [-0.3, -0.25) is 0 Å². The first kappa shape index (κ1) is 12.9. The summed E-state index contributed by atoms with van der Waals surface area (Å²) in [6, 6.07) is 10.0. The Morgan fingerprint density at radius 3 is 2.72 bits per heavy atom. The van der Waals surface area contributed by atoms with Gasteiger partial charge in [-0.1, -0.05) is 18.2 Å². The lowest BCUT2D eigenvalue weighted by Gasteiger charge is -2.18. The fourth-order valence-corrected chi connectivity index (χ4v) is 2.33. The lowest BCUT2D eigenvalue weighted by molar-refractivity contribution is 0.874. The molecular formula is C14H16BrN3. The van der Waals surface area contributed by atoms with Gasteiger partial charge in [0.1, 0.15) is 5.82 Å². The number of aryl methyl sites for hydroxylation is 1. The molecule has 1 aromatic heterocycles. The Hall–Kier alpha value is -1.55. The fraction of sp³-hybridized carbons (Fsp3) is 0.214. The molecule has 2 rings (SSSR count). The van der Waals surface area contributed by atoms with E-state index in [1.165, 1.54) is 0 Å². The number of nitrogens with zero attached hydrogens (tertiary/aromatic N) is 1. The topological polar surface area (TPSA) is 50.9 Å². The van der Waals surface area contributed by atoms with Crippen molar-refractivity contribution in [3.63, 3.8) is 0 Å². The molecule has 4 heteroatoms. The van der Waals surface area contributed by atoms with Gasteiger partial charge >= 0.3 is 0 Å². The summed E-state index contributed by atoms with van der Waals surface area (Å²) < 4.78 is 0.984. The highest BCUT2D eigenvalue weighted by Gasteiger charge is 2.10. The number of nitrogen functional groups attached to an aromatic ring is 1. The molecule has 0 amide bonds. The number of anilines is 2. The summed E-state index contributed by atoms with van der Waals surface area (Å²) in [5.74, 6) is 0.883. The number of benzene rings is 1. The van der Waals surface area contributed by atoms with E-state index in [2.05, 4.69) is 33.2 Å². The number of hydrogen-bond acceptors (Lipinski definition) is 3. The Bertz CT molecular complexity index is 554. The summed E-state index contributed by atoms with van der Waals surface area (Å²) in [6.07, 6.45) is 1.79. The van der Waals surface area contributed by atoms with Gasteiger partial charge in [-0.2, -0.15) is 0 Å². The minimum atomic E-state index is 0.124. The zero-order valence-corrected chi connectivity index (χ0v) is 12.0. The van der Waals surface area contributed by atoms with Crippen molar-refractivity contribution in [2.45, 2.75) is 19.9 Å². The zero-order chi connectivity index (χ0) is 13.1. The molecule has 1 atom stereocenters. The summed E-state index contributed by atoms with van der Waals surface area (Å²) in [5, 5.41) is 3.38. The molecule has 0 radical (unpaired) electrons. The van der Waals surface area contributed by atoms with Crippen LogP contribution >= 0.6 is 15.9 Å². The van der Waals surface area contributed by atoms with Crippen LogP contribution in [0.5, 0.6) is 0 Å². The van der Waals surface area contributed by atoms with Crippen LogP contribution in [0.4, 0.5) is 11.5 Å². The molecule has 0 aliphatic carbocycles. The first-order chi connectivity index (χ1) is 8.58. The summed E-state index contributed by atoms with van der Waals surface area (Å²) in [7, 11) is 0. The SMILES string of the molecule is Cc1cc(Br)cnc1NC(C)c1ccccc1N. The van der Waals surface area contributed by atoms with Gasteiger partial charge in [-0.05, 0) is 53.0 Å². The van der Waals surface area contributed by atoms with Gasteiger partial charge in [-0.15, -0.1) is 0 Å². The second-order valence-electron chi connectivity index (χ2n) is 4.31. The van der Waals surface area contributed by atoms with Gasteiger partial charge < -0.3 is 11.1 Å². The van der Waals surface area contributed by atoms with Gasteiger partial charge in [0.25, 0.3) is 0 Å². The van der Waals surface area contributed by atoms with E-state index in [0.717, 1.165) is 27.1 Å². The number of para-hydroxylation sites is 1. The van der Waals surface area contributed by atoms with Crippen LogP contribution in [0, 0.1) is 6.92 Å². The van der Waals surface area contributed by atoms with Crippen molar-refractivity contribution in [3.05, 3.63) is 52.1 Å². The van der Waals surface area contributed by atoms with Gasteiger partial charge in [0.15, 0.2) is 0 Å². The Kier molecular flexibility index (Phi) is 3.87. The molecule has 1 unspecified atom stereocenters. The molecule has 18 heavy (non-hydrogen) atoms. The fourth-order valence-electron chi connectivity index (χ4n) is 1.88. The maximum Gasteiger partial charge on any atom is 0.129 e. The third-order valence-corrected chi connectivity index (χ3v) is 3.29. The van der Waals surface area contributed by atoms with Crippen LogP contribution in [-0.4, -0.2) is 4.98 Å². The average Bonchev–Trinajstić information content (AvgIpc) is 2.33. The normalized spacial score (nSPS) is 12.2. The van der Waals surface area contributed by atoms with Crippen LogP contribution in [0.3, 0.4) is 0 Å². The Labute approximate surface area is 116 Å². The number of nitrogens with one attached hydrogen (secondary N) is 1. The predicted octanol–water partition coefficient (Wildman–Crippen LogP) is 3.91. The van der Waals surface area contributed by atoms with E-state index < -0.39 is 0 Å². The average molecular weight is 306 g/mol. The number of hydrogen-bond donors (Lipinski definition) is 2. The smallest absolute Gasteiger partial charge is 0.129 e. The van der Waals surface area contributed by atoms with E-state index in [1.54, 1.807) is 6.20 Å². The van der Waals surface area contributed by atoms with Crippen molar-refractivity contribution >= 4 is 27.4 Å². The third kappa shape index (κ3) is 2.82. The van der Waals surface area contributed by atoms with E-state index in [0.29, 0.717) is 0 Å². The molecule has 1 aromatic carbocycles. The summed E-state index contributed by atoms with van der Waals surface area (Å²) in [4.78, 5) is 4.37. The Balaban J connectivity index is 2.21. The van der Waals surface area contributed by atoms with E-state index in [1.807, 2.05) is 37.3 Å². The van der Waals surface area contributed by atoms with E-state index in [-0.39, 0.29) is 6.04 Å². The number of nitrogens with two attached hydrogens (primary N) is 1. The number of rotatable bonds is 3. The van der Waals surface area contributed by atoms with Crippen LogP contribution in [0.25, 0.3) is 0 Å². The second-order valence-corrected chi connectivity index (χ2v) is 5.23. The van der Waals surface area contributed by atoms with Gasteiger partial charge in [0, 0.05) is 16.4 Å². The first-order valence-corrected chi connectivity index (χ1v) is 6.60. The molecule has 0 bridgehead atoms. The van der Waals surface area contributed by atoms with Crippen molar-refractivity contribution in [3.8, 4) is 0 Å². The van der Waals surface area contributed by atoms with E-state index in [9.17, 15) is 0 Å². The zero-order valence-electron chi connectivity index (χ0n) is 10.4. The molecule has 3 N–H and O–H groups in total. The van der Waals surface area contributed by atoms with Gasteiger partial charge in [0.2, 0.25) is 0 Å². The molecule has 0 saturated heterocycles. The lowest BCUT2D eigenvalue weighted by Crippen LogP contribution is -2.11. The largest absolute Gasteiger partial charge is 0.398 e. The summed E-state index contributed by atoms with van der Waals surface area (Å²) in [5.41, 5.74) is 8.96. The number of halogens is 1. The maximum absolute atomic E-state index is 5.97. The highest BCUT2D eigenvalue weighted by Crippen LogP contribution is 2.25. The highest BCUT2D eigenvalue weighted by molar-refractivity contribution is 9.10. The van der Waals surface area contributed by atoms with Gasteiger partial charge in [-0.25, -0.2) is 4.98 Å². The molecule has 0 spiro atoms. The predicted molar refractivity (Wildman–Crippen MR) is 79.6 cm³/mol. The third-order valence-electron chi connectivity index (χ3n) is 2.86. The maximum atomic E-state index is 5.97. The monoisotopic (exact) mass is 305 g/mol. The molecule has 0 fully saturated rings. The van der Waals surface area contributed by atoms with Crippen LogP contribution in [0.1, 0.15) is 24.1 Å². The number of aromatic nitrogens is 1. The second kappa shape index (κ2) is 5.40. The molecule has 2 aromatic rings. The van der Waals surface area contributed by atoms with E-state index >= 15 is 0 Å². The van der Waals surface area contributed by atoms with Crippen molar-refractivity contribution in [1.82, 2.24) is 4.98 Å². The molecule has 0 aliphatic rings.